The van der Waals surface area contributed by atoms with Gasteiger partial charge in [0.15, 0.2) is 5.65 Å². The minimum Gasteiger partial charge on any atom is -0.342 e. The molecule has 1 spiro atoms. The van der Waals surface area contributed by atoms with E-state index in [0.717, 1.165) is 33.7 Å². The van der Waals surface area contributed by atoms with E-state index in [1.54, 1.807) is 6.20 Å². The lowest BCUT2D eigenvalue weighted by Crippen LogP contribution is -2.40. The fourth-order valence-corrected chi connectivity index (χ4v) is 4.90. The predicted molar refractivity (Wildman–Crippen MR) is 91.5 cm³/mol. The van der Waals surface area contributed by atoms with Crippen molar-refractivity contribution in [2.24, 2.45) is 0 Å². The molecule has 0 atom stereocenters. The second kappa shape index (κ2) is 5.01. The third kappa shape index (κ3) is 1.96. The number of carbonyl (C=O) groups excluding carboxylic acids is 1. The Morgan fingerprint density at radius 3 is 2.96 bits per heavy atom. The van der Waals surface area contributed by atoms with Crippen LogP contribution in [-0.2, 0) is 5.54 Å². The smallest absolute Gasteiger partial charge is 0.262 e. The van der Waals surface area contributed by atoms with Gasteiger partial charge in [-0.3, -0.25) is 9.89 Å². The van der Waals surface area contributed by atoms with Gasteiger partial charge in [0.25, 0.3) is 5.91 Å². The molecule has 8 heteroatoms. The average molecular weight is 340 g/mol. The Labute approximate surface area is 141 Å². The van der Waals surface area contributed by atoms with Crippen molar-refractivity contribution in [1.29, 1.82) is 0 Å². The van der Waals surface area contributed by atoms with Crippen molar-refractivity contribution in [3.05, 3.63) is 29.0 Å². The number of anilines is 2. The molecule has 3 aromatic heterocycles. The summed E-state index contributed by atoms with van der Waals surface area (Å²) in [5, 5.41) is 15.2. The highest BCUT2D eigenvalue weighted by Gasteiger charge is 2.44. The highest BCUT2D eigenvalue weighted by molar-refractivity contribution is 7.18. The largest absolute Gasteiger partial charge is 0.342 e. The summed E-state index contributed by atoms with van der Waals surface area (Å²) in [5.41, 5.74) is 1.69. The Kier molecular flexibility index (Phi) is 2.90. The van der Waals surface area contributed by atoms with Gasteiger partial charge in [-0.2, -0.15) is 5.10 Å². The molecule has 1 amide bonds. The van der Waals surface area contributed by atoms with E-state index in [2.05, 4.69) is 36.9 Å². The quantitative estimate of drug-likeness (QED) is 0.666. The number of amides is 1. The van der Waals surface area contributed by atoms with Crippen LogP contribution in [0.2, 0.25) is 0 Å². The van der Waals surface area contributed by atoms with Crippen LogP contribution < -0.4 is 10.6 Å². The van der Waals surface area contributed by atoms with Gasteiger partial charge in [-0.05, 0) is 18.9 Å². The first kappa shape index (κ1) is 13.9. The lowest BCUT2D eigenvalue weighted by atomic mass is 9.78. The van der Waals surface area contributed by atoms with Crippen LogP contribution in [0.3, 0.4) is 0 Å². The zero-order chi connectivity index (χ0) is 16.1. The average Bonchev–Trinajstić information content (AvgIpc) is 3.27. The number of hydrogen-bond acceptors (Lipinski definition) is 6. The molecule has 0 radical (unpaired) electrons. The molecule has 24 heavy (non-hydrogen) atoms. The molecule has 0 unspecified atom stereocenters. The van der Waals surface area contributed by atoms with Gasteiger partial charge in [-0.15, -0.1) is 11.3 Å². The van der Waals surface area contributed by atoms with Crippen molar-refractivity contribution >= 4 is 39.1 Å². The SMILES string of the molecule is O=C1NC2(CCCCC2)c2cc(Nc3ncnc4[nH]ncc34)sc21. The molecular weight excluding hydrogens is 324 g/mol. The summed E-state index contributed by atoms with van der Waals surface area (Å²) in [5.74, 6) is 0.757. The molecule has 7 nitrogen and oxygen atoms in total. The predicted octanol–water partition coefficient (Wildman–Crippen LogP) is 3.06. The van der Waals surface area contributed by atoms with Crippen LogP contribution in [0.15, 0.2) is 18.6 Å². The molecule has 2 aliphatic rings. The lowest BCUT2D eigenvalue weighted by molar-refractivity contribution is 0.0912. The first-order chi connectivity index (χ1) is 11.8. The Balaban J connectivity index is 1.53. The highest BCUT2D eigenvalue weighted by Crippen LogP contribution is 2.47. The monoisotopic (exact) mass is 340 g/mol. The van der Waals surface area contributed by atoms with Gasteiger partial charge in [-0.1, -0.05) is 19.3 Å². The summed E-state index contributed by atoms with van der Waals surface area (Å²) in [6.45, 7) is 0. The normalized spacial score (nSPS) is 18.8. The number of rotatable bonds is 2. The van der Waals surface area contributed by atoms with Crippen molar-refractivity contribution < 1.29 is 4.79 Å². The molecule has 5 rings (SSSR count). The first-order valence-corrected chi connectivity index (χ1v) is 8.95. The topological polar surface area (TPSA) is 95.6 Å². The molecule has 1 fully saturated rings. The van der Waals surface area contributed by atoms with Crippen LogP contribution in [-0.4, -0.2) is 26.1 Å². The number of fused-ring (bicyclic) bond motifs is 3. The number of aromatic nitrogens is 4. The van der Waals surface area contributed by atoms with Crippen LogP contribution in [0, 0.1) is 0 Å². The van der Waals surface area contributed by atoms with Crippen LogP contribution in [0.4, 0.5) is 10.8 Å². The van der Waals surface area contributed by atoms with Crippen LogP contribution >= 0.6 is 11.3 Å². The van der Waals surface area contributed by atoms with Gasteiger partial charge >= 0.3 is 0 Å². The molecule has 1 saturated carbocycles. The van der Waals surface area contributed by atoms with E-state index in [0.29, 0.717) is 11.5 Å². The van der Waals surface area contributed by atoms with Gasteiger partial charge < -0.3 is 10.6 Å². The highest BCUT2D eigenvalue weighted by atomic mass is 32.1. The van der Waals surface area contributed by atoms with E-state index in [1.165, 1.54) is 36.9 Å². The third-order valence-electron chi connectivity index (χ3n) is 5.00. The number of nitrogens with zero attached hydrogens (tertiary/aromatic N) is 3. The van der Waals surface area contributed by atoms with Gasteiger partial charge in [0.2, 0.25) is 0 Å². The number of carbonyl (C=O) groups is 1. The summed E-state index contributed by atoms with van der Waals surface area (Å²) in [4.78, 5) is 21.7. The lowest BCUT2D eigenvalue weighted by Gasteiger charge is -2.33. The van der Waals surface area contributed by atoms with E-state index < -0.39 is 0 Å². The number of H-pyrrole nitrogens is 1. The summed E-state index contributed by atoms with van der Waals surface area (Å²) in [7, 11) is 0. The fraction of sp³-hybridized carbons (Fsp3) is 0.375. The summed E-state index contributed by atoms with van der Waals surface area (Å²) in [6, 6.07) is 2.11. The molecule has 1 aliphatic heterocycles. The van der Waals surface area contributed by atoms with Crippen LogP contribution in [0.5, 0.6) is 0 Å². The maximum Gasteiger partial charge on any atom is 0.262 e. The summed E-state index contributed by atoms with van der Waals surface area (Å²) < 4.78 is 0. The minimum absolute atomic E-state index is 0.0566. The molecule has 3 N–H and O–H groups in total. The standard InChI is InChI=1S/C16H16N6OS/c23-15-12-10(16(21-15)4-2-1-3-5-16)6-11(24-12)20-13-9-7-19-22-14(9)18-8-17-13/h6-8H,1-5H2,(H,21,23)(H2,17,18,19,20,22). The Morgan fingerprint density at radius 1 is 1.21 bits per heavy atom. The molecule has 122 valence electrons. The maximum absolute atomic E-state index is 12.4. The van der Waals surface area contributed by atoms with Gasteiger partial charge in [0, 0.05) is 5.56 Å². The molecule has 0 bridgehead atoms. The molecule has 1 aliphatic carbocycles. The van der Waals surface area contributed by atoms with E-state index in [4.69, 9.17) is 0 Å². The molecule has 4 heterocycles. The molecule has 3 aromatic rings. The fourth-order valence-electron chi connectivity index (χ4n) is 3.85. The first-order valence-electron chi connectivity index (χ1n) is 8.13. The van der Waals surface area contributed by atoms with Crippen molar-refractivity contribution in [1.82, 2.24) is 25.5 Å². The van der Waals surface area contributed by atoms with Crippen LogP contribution in [0.1, 0.15) is 47.3 Å². The second-order valence-electron chi connectivity index (χ2n) is 6.43. The van der Waals surface area contributed by atoms with Crippen molar-refractivity contribution in [3.63, 3.8) is 0 Å². The summed E-state index contributed by atoms with van der Waals surface area (Å²) >= 11 is 1.49. The Bertz CT molecular complexity index is 939. The van der Waals surface area contributed by atoms with Crippen LogP contribution in [0.25, 0.3) is 11.0 Å². The maximum atomic E-state index is 12.4. The van der Waals surface area contributed by atoms with Gasteiger partial charge in [-0.25, -0.2) is 9.97 Å². The van der Waals surface area contributed by atoms with Crippen molar-refractivity contribution in [3.8, 4) is 0 Å². The van der Waals surface area contributed by atoms with E-state index in [9.17, 15) is 4.79 Å². The second-order valence-corrected chi connectivity index (χ2v) is 7.48. The number of hydrogen-bond donors (Lipinski definition) is 3. The van der Waals surface area contributed by atoms with E-state index in [-0.39, 0.29) is 11.4 Å². The Hall–Kier alpha value is -2.48. The minimum atomic E-state index is -0.155. The van der Waals surface area contributed by atoms with Gasteiger partial charge in [0.1, 0.15) is 12.1 Å². The number of nitrogens with one attached hydrogen (secondary N) is 3. The van der Waals surface area contributed by atoms with E-state index in [1.807, 2.05) is 0 Å². The molecule has 0 aromatic carbocycles. The third-order valence-corrected chi connectivity index (χ3v) is 6.05. The number of thiophene rings is 1. The van der Waals surface area contributed by atoms with Crippen molar-refractivity contribution in [2.45, 2.75) is 37.6 Å². The molecule has 0 saturated heterocycles. The zero-order valence-corrected chi connectivity index (χ0v) is 13.7. The molecular formula is C16H16N6OS. The zero-order valence-electron chi connectivity index (χ0n) is 12.9. The van der Waals surface area contributed by atoms with Crippen molar-refractivity contribution in [2.75, 3.05) is 5.32 Å². The van der Waals surface area contributed by atoms with Gasteiger partial charge in [0.05, 0.1) is 27.0 Å². The van der Waals surface area contributed by atoms with E-state index >= 15 is 0 Å². The summed E-state index contributed by atoms with van der Waals surface area (Å²) in [6.07, 6.45) is 8.85. The Morgan fingerprint density at radius 2 is 2.08 bits per heavy atom. The number of aromatic amines is 1.